The largest absolute Gasteiger partial charge is 0.497 e. The number of rotatable bonds is 7. The average molecular weight is 583 g/mol. The van der Waals surface area contributed by atoms with E-state index in [9.17, 15) is 27.9 Å². The van der Waals surface area contributed by atoms with Crippen LogP contribution in [-0.4, -0.2) is 49.1 Å². The zero-order valence-electron chi connectivity index (χ0n) is 22.5. The van der Waals surface area contributed by atoms with Gasteiger partial charge >= 0.3 is 5.97 Å². The minimum Gasteiger partial charge on any atom is -0.497 e. The van der Waals surface area contributed by atoms with E-state index in [0.29, 0.717) is 45.6 Å². The third-order valence-corrected chi connectivity index (χ3v) is 9.58. The highest BCUT2D eigenvalue weighted by molar-refractivity contribution is 7.89. The molecule has 9 nitrogen and oxygen atoms in total. The van der Waals surface area contributed by atoms with Gasteiger partial charge in [-0.15, -0.1) is 0 Å². The van der Waals surface area contributed by atoms with Crippen molar-refractivity contribution in [1.82, 2.24) is 9.62 Å². The van der Waals surface area contributed by atoms with Gasteiger partial charge in [-0.2, -0.15) is 4.31 Å². The van der Waals surface area contributed by atoms with Gasteiger partial charge in [0.05, 0.1) is 12.0 Å². The molecule has 2 aliphatic rings. The molecule has 0 aromatic heterocycles. The van der Waals surface area contributed by atoms with Crippen molar-refractivity contribution in [3.8, 4) is 16.9 Å². The summed E-state index contributed by atoms with van der Waals surface area (Å²) >= 11 is 0. The van der Waals surface area contributed by atoms with Crippen LogP contribution >= 0.6 is 0 Å². The van der Waals surface area contributed by atoms with Crippen LogP contribution in [0.25, 0.3) is 11.1 Å². The van der Waals surface area contributed by atoms with E-state index in [4.69, 9.17) is 4.74 Å². The molecular formula is C32H26N2O7S. The number of carboxylic acids is 1. The number of fused-ring (bicyclic) bond motifs is 4. The van der Waals surface area contributed by atoms with E-state index in [2.05, 4.69) is 5.32 Å². The second-order valence-electron chi connectivity index (χ2n) is 10.1. The molecule has 0 saturated carbocycles. The quantitative estimate of drug-likeness (QED) is 0.294. The maximum Gasteiger partial charge on any atom is 0.330 e. The van der Waals surface area contributed by atoms with E-state index >= 15 is 0 Å². The van der Waals surface area contributed by atoms with Gasteiger partial charge in [-0.1, -0.05) is 60.7 Å². The molecule has 4 aromatic rings. The van der Waals surface area contributed by atoms with Gasteiger partial charge in [0, 0.05) is 41.4 Å². The fraction of sp³-hybridized carbons (Fsp3) is 0.156. The number of hydrogen-bond donors (Lipinski definition) is 2. The molecule has 2 N–H and O–H groups in total. The Kier molecular flexibility index (Phi) is 6.88. The number of amides is 1. The van der Waals surface area contributed by atoms with E-state index in [1.807, 2.05) is 0 Å². The standard InChI is InChI=1S/C32H26N2O7S/c1-41-22-6-4-7-23(17-22)42(39,40)34-15-14-19-12-13-20(16-21(19)18-34)29(32(37)38)33-31(36)27-11-5-10-26-28(27)24-8-2-3-9-25(24)30(26)35/h2-13,16-17,29H,14-15,18H2,1H3,(H,33,36)(H,37,38). The number of carbonyl (C=O) groups excluding carboxylic acids is 2. The summed E-state index contributed by atoms with van der Waals surface area (Å²) < 4.78 is 33.3. The predicted octanol–water partition coefficient (Wildman–Crippen LogP) is 4.21. The molecule has 212 valence electrons. The summed E-state index contributed by atoms with van der Waals surface area (Å²) in [6.45, 7) is 0.318. The van der Waals surface area contributed by atoms with Crippen molar-refractivity contribution in [2.75, 3.05) is 13.7 Å². The first-order valence-electron chi connectivity index (χ1n) is 13.3. The molecule has 42 heavy (non-hydrogen) atoms. The summed E-state index contributed by atoms with van der Waals surface area (Å²) in [6, 6.07) is 21.7. The van der Waals surface area contributed by atoms with Crippen molar-refractivity contribution < 1.29 is 32.6 Å². The number of aliphatic carboxylic acids is 1. The van der Waals surface area contributed by atoms with Crippen LogP contribution in [0.1, 0.15) is 49.0 Å². The molecule has 1 aliphatic heterocycles. The molecule has 1 heterocycles. The average Bonchev–Trinajstić information content (AvgIpc) is 3.31. The number of sulfonamides is 1. The highest BCUT2D eigenvalue weighted by Gasteiger charge is 2.33. The Labute approximate surface area is 242 Å². The normalized spacial score (nSPS) is 14.8. The van der Waals surface area contributed by atoms with E-state index in [1.165, 1.54) is 23.5 Å². The summed E-state index contributed by atoms with van der Waals surface area (Å²) in [7, 11) is -2.37. The first-order chi connectivity index (χ1) is 20.2. The number of methoxy groups -OCH3 is 1. The Morgan fingerprint density at radius 2 is 1.64 bits per heavy atom. The summed E-state index contributed by atoms with van der Waals surface area (Å²) in [5, 5.41) is 12.7. The van der Waals surface area contributed by atoms with Crippen molar-refractivity contribution in [2.45, 2.75) is 23.9 Å². The summed E-state index contributed by atoms with van der Waals surface area (Å²) in [5.74, 6) is -1.67. The zero-order chi connectivity index (χ0) is 29.6. The Morgan fingerprint density at radius 3 is 2.40 bits per heavy atom. The van der Waals surface area contributed by atoms with Gasteiger partial charge in [0.1, 0.15) is 5.75 Å². The molecule has 6 rings (SSSR count). The van der Waals surface area contributed by atoms with Crippen LogP contribution in [0.5, 0.6) is 5.75 Å². The van der Waals surface area contributed by atoms with Gasteiger partial charge < -0.3 is 15.2 Å². The second-order valence-corrected chi connectivity index (χ2v) is 12.1. The summed E-state index contributed by atoms with van der Waals surface area (Å²) in [5.41, 5.74) is 4.05. The van der Waals surface area contributed by atoms with E-state index in [0.717, 1.165) is 5.56 Å². The molecular weight excluding hydrogens is 556 g/mol. The third-order valence-electron chi connectivity index (χ3n) is 7.74. The van der Waals surface area contributed by atoms with Crippen molar-refractivity contribution in [3.63, 3.8) is 0 Å². The monoisotopic (exact) mass is 582 g/mol. The lowest BCUT2D eigenvalue weighted by molar-refractivity contribution is -0.139. The van der Waals surface area contributed by atoms with Crippen LogP contribution in [0, 0.1) is 0 Å². The van der Waals surface area contributed by atoms with Crippen LogP contribution < -0.4 is 10.1 Å². The van der Waals surface area contributed by atoms with Gasteiger partial charge in [-0.05, 0) is 46.9 Å². The SMILES string of the molecule is COc1cccc(S(=O)(=O)N2CCc3ccc(C(NC(=O)c4cccc5c4-c4ccccc4C5=O)C(=O)O)cc3C2)c1. The smallest absolute Gasteiger partial charge is 0.330 e. The molecule has 1 aliphatic carbocycles. The van der Waals surface area contributed by atoms with E-state index < -0.39 is 27.9 Å². The third kappa shape index (κ3) is 4.64. The number of hydrogen-bond acceptors (Lipinski definition) is 6. The first-order valence-corrected chi connectivity index (χ1v) is 14.7. The summed E-state index contributed by atoms with van der Waals surface area (Å²) in [6.07, 6.45) is 0.451. The lowest BCUT2D eigenvalue weighted by atomic mass is 9.95. The highest BCUT2D eigenvalue weighted by Crippen LogP contribution is 2.39. The van der Waals surface area contributed by atoms with E-state index in [-0.39, 0.29) is 29.3 Å². The van der Waals surface area contributed by atoms with Crippen LogP contribution in [0.4, 0.5) is 0 Å². The molecule has 4 aromatic carbocycles. The second kappa shape index (κ2) is 10.6. The van der Waals surface area contributed by atoms with Crippen molar-refractivity contribution in [3.05, 3.63) is 118 Å². The maximum atomic E-state index is 13.5. The fourth-order valence-electron chi connectivity index (χ4n) is 5.61. The predicted molar refractivity (Wildman–Crippen MR) is 154 cm³/mol. The Balaban J connectivity index is 1.29. The van der Waals surface area contributed by atoms with Gasteiger partial charge in [0.25, 0.3) is 5.91 Å². The fourth-order valence-corrected chi connectivity index (χ4v) is 7.06. The minimum atomic E-state index is -3.84. The Hall–Kier alpha value is -4.80. The van der Waals surface area contributed by atoms with Crippen molar-refractivity contribution in [2.24, 2.45) is 0 Å². The Bertz CT molecular complexity index is 1880. The van der Waals surface area contributed by atoms with E-state index in [1.54, 1.807) is 72.8 Å². The number of carbonyl (C=O) groups is 3. The van der Waals surface area contributed by atoms with Crippen molar-refractivity contribution in [1.29, 1.82) is 0 Å². The minimum absolute atomic E-state index is 0.0497. The lowest BCUT2D eigenvalue weighted by Crippen LogP contribution is -2.37. The van der Waals surface area contributed by atoms with Crippen molar-refractivity contribution >= 4 is 27.7 Å². The number of ketones is 1. The molecule has 1 amide bonds. The van der Waals surface area contributed by atoms with Gasteiger partial charge in [0.2, 0.25) is 10.0 Å². The number of carboxylic acid groups (broad SMARTS) is 1. The van der Waals surface area contributed by atoms with Gasteiger partial charge in [-0.25, -0.2) is 13.2 Å². The molecule has 0 saturated heterocycles. The van der Waals surface area contributed by atoms with Gasteiger partial charge in [-0.3, -0.25) is 9.59 Å². The lowest BCUT2D eigenvalue weighted by Gasteiger charge is -2.29. The number of ether oxygens (including phenoxy) is 1. The molecule has 0 bridgehead atoms. The summed E-state index contributed by atoms with van der Waals surface area (Å²) in [4.78, 5) is 38.9. The molecule has 1 unspecified atom stereocenters. The number of nitrogens with one attached hydrogen (secondary N) is 1. The van der Waals surface area contributed by atoms with Gasteiger partial charge in [0.15, 0.2) is 11.8 Å². The topological polar surface area (TPSA) is 130 Å². The van der Waals surface area contributed by atoms with Crippen LogP contribution in [0.3, 0.4) is 0 Å². The molecule has 0 fully saturated rings. The first kappa shape index (κ1) is 27.4. The van der Waals surface area contributed by atoms with Crippen LogP contribution in [-0.2, 0) is 27.8 Å². The molecule has 10 heteroatoms. The molecule has 1 atom stereocenters. The Morgan fingerprint density at radius 1 is 0.905 bits per heavy atom. The molecule has 0 spiro atoms. The highest BCUT2D eigenvalue weighted by atomic mass is 32.2. The maximum absolute atomic E-state index is 13.5. The zero-order valence-corrected chi connectivity index (χ0v) is 23.4. The van der Waals surface area contributed by atoms with Crippen LogP contribution in [0.2, 0.25) is 0 Å². The number of benzene rings is 4. The number of nitrogens with zero attached hydrogens (tertiary/aromatic N) is 1. The molecule has 0 radical (unpaired) electrons. The van der Waals surface area contributed by atoms with Crippen LogP contribution in [0.15, 0.2) is 89.8 Å².